The summed E-state index contributed by atoms with van der Waals surface area (Å²) in [5.41, 5.74) is 3.73. The van der Waals surface area contributed by atoms with Crippen molar-refractivity contribution in [2.24, 2.45) is 0 Å². The van der Waals surface area contributed by atoms with Crippen LogP contribution in [0.5, 0.6) is 0 Å². The third-order valence-corrected chi connectivity index (χ3v) is 5.37. The first kappa shape index (κ1) is 18.8. The predicted molar refractivity (Wildman–Crippen MR) is 108 cm³/mol. The molecule has 0 radical (unpaired) electrons. The van der Waals surface area contributed by atoms with Crippen LogP contribution in [0.3, 0.4) is 0 Å². The number of amides is 1. The molecule has 3 heterocycles. The minimum atomic E-state index is 0.113. The zero-order valence-corrected chi connectivity index (χ0v) is 16.6. The zero-order valence-electron chi connectivity index (χ0n) is 15.8. The minimum Gasteiger partial charge on any atom is -0.342 e. The standard InChI is InChI=1S/C20H23ClN6O/c1-14(28)26-9-5-16(13-26)18-19-20(24-7-6-23-19)27(25-18)10-8-22-12-15-3-2-4-17(21)11-15/h2-4,6-7,11,16,22H,5,8-10,12-13H2,1H3/t16-/m0/s1. The molecular formula is C20H23ClN6O. The highest BCUT2D eigenvalue weighted by atomic mass is 35.5. The molecule has 0 spiro atoms. The average molecular weight is 399 g/mol. The van der Waals surface area contributed by atoms with Crippen LogP contribution in [0, 0.1) is 0 Å². The Morgan fingerprint density at radius 1 is 1.32 bits per heavy atom. The molecule has 0 bridgehead atoms. The second-order valence-corrected chi connectivity index (χ2v) is 7.53. The van der Waals surface area contributed by atoms with Crippen LogP contribution in [-0.4, -0.2) is 50.2 Å². The van der Waals surface area contributed by atoms with Gasteiger partial charge in [0.25, 0.3) is 0 Å². The molecule has 0 unspecified atom stereocenters. The number of fused-ring (bicyclic) bond motifs is 1. The van der Waals surface area contributed by atoms with Gasteiger partial charge in [-0.05, 0) is 24.1 Å². The maximum atomic E-state index is 11.7. The summed E-state index contributed by atoms with van der Waals surface area (Å²) >= 11 is 6.03. The van der Waals surface area contributed by atoms with Crippen molar-refractivity contribution in [1.29, 1.82) is 0 Å². The smallest absolute Gasteiger partial charge is 0.219 e. The van der Waals surface area contributed by atoms with E-state index in [0.29, 0.717) is 13.1 Å². The van der Waals surface area contributed by atoms with Gasteiger partial charge in [-0.3, -0.25) is 4.79 Å². The Bertz CT molecular complexity index is 988. The quantitative estimate of drug-likeness (QED) is 0.646. The van der Waals surface area contributed by atoms with Crippen LogP contribution < -0.4 is 5.32 Å². The van der Waals surface area contributed by atoms with E-state index < -0.39 is 0 Å². The van der Waals surface area contributed by atoms with Crippen LogP contribution in [0.15, 0.2) is 36.7 Å². The highest BCUT2D eigenvalue weighted by Gasteiger charge is 2.30. The van der Waals surface area contributed by atoms with Gasteiger partial charge in [0.15, 0.2) is 5.65 Å². The molecule has 1 aromatic carbocycles. The summed E-state index contributed by atoms with van der Waals surface area (Å²) in [6.45, 7) is 5.28. The monoisotopic (exact) mass is 398 g/mol. The van der Waals surface area contributed by atoms with Crippen molar-refractivity contribution < 1.29 is 4.79 Å². The van der Waals surface area contributed by atoms with Gasteiger partial charge in [-0.1, -0.05) is 23.7 Å². The zero-order chi connectivity index (χ0) is 19.5. The van der Waals surface area contributed by atoms with E-state index in [1.54, 1.807) is 19.3 Å². The Hall–Kier alpha value is -2.51. The highest BCUT2D eigenvalue weighted by Crippen LogP contribution is 2.30. The topological polar surface area (TPSA) is 75.9 Å². The molecule has 3 aromatic rings. The van der Waals surface area contributed by atoms with E-state index in [1.165, 1.54) is 0 Å². The summed E-state index contributed by atoms with van der Waals surface area (Å²) in [5.74, 6) is 0.325. The summed E-state index contributed by atoms with van der Waals surface area (Å²) in [6.07, 6.45) is 4.31. The summed E-state index contributed by atoms with van der Waals surface area (Å²) < 4.78 is 1.92. The number of carbonyl (C=O) groups excluding carboxylic acids is 1. The summed E-state index contributed by atoms with van der Waals surface area (Å²) in [6, 6.07) is 7.83. The van der Waals surface area contributed by atoms with Crippen molar-refractivity contribution in [2.45, 2.75) is 32.4 Å². The van der Waals surface area contributed by atoms with E-state index in [9.17, 15) is 4.79 Å². The molecule has 8 heteroatoms. The minimum absolute atomic E-state index is 0.113. The number of halogens is 1. The van der Waals surface area contributed by atoms with E-state index in [1.807, 2.05) is 33.8 Å². The molecule has 1 saturated heterocycles. The lowest BCUT2D eigenvalue weighted by Gasteiger charge is -2.12. The number of rotatable bonds is 6. The van der Waals surface area contributed by atoms with Gasteiger partial charge < -0.3 is 10.2 Å². The summed E-state index contributed by atoms with van der Waals surface area (Å²) in [7, 11) is 0. The third kappa shape index (κ3) is 4.00. The van der Waals surface area contributed by atoms with Crippen molar-refractivity contribution in [3.05, 3.63) is 52.9 Å². The molecule has 0 aliphatic carbocycles. The van der Waals surface area contributed by atoms with Crippen molar-refractivity contribution in [1.82, 2.24) is 30.0 Å². The lowest BCUT2D eigenvalue weighted by atomic mass is 10.0. The predicted octanol–water partition coefficient (Wildman–Crippen LogP) is 2.61. The number of nitrogens with one attached hydrogen (secondary N) is 1. The Labute approximate surface area is 168 Å². The molecular weight excluding hydrogens is 376 g/mol. The van der Waals surface area contributed by atoms with Gasteiger partial charge in [0.05, 0.1) is 12.2 Å². The van der Waals surface area contributed by atoms with Gasteiger partial charge in [-0.15, -0.1) is 0 Å². The Morgan fingerprint density at radius 2 is 2.18 bits per heavy atom. The summed E-state index contributed by atoms with van der Waals surface area (Å²) in [4.78, 5) is 22.5. The maximum absolute atomic E-state index is 11.7. The van der Waals surface area contributed by atoms with Crippen LogP contribution in [-0.2, 0) is 17.9 Å². The fourth-order valence-electron chi connectivity index (χ4n) is 3.69. The van der Waals surface area contributed by atoms with Crippen LogP contribution in [0.1, 0.15) is 30.5 Å². The van der Waals surface area contributed by atoms with Gasteiger partial charge in [0.2, 0.25) is 5.91 Å². The van der Waals surface area contributed by atoms with E-state index in [0.717, 1.165) is 53.5 Å². The molecule has 2 aromatic heterocycles. The van der Waals surface area contributed by atoms with Crippen molar-refractivity contribution in [2.75, 3.05) is 19.6 Å². The molecule has 4 rings (SSSR count). The molecule has 146 valence electrons. The number of hydrogen-bond acceptors (Lipinski definition) is 5. The first-order valence-corrected chi connectivity index (χ1v) is 9.87. The van der Waals surface area contributed by atoms with Crippen LogP contribution in [0.25, 0.3) is 11.2 Å². The van der Waals surface area contributed by atoms with E-state index in [4.69, 9.17) is 16.7 Å². The number of aromatic nitrogens is 4. The largest absolute Gasteiger partial charge is 0.342 e. The average Bonchev–Trinajstić information content (AvgIpc) is 3.31. The summed E-state index contributed by atoms with van der Waals surface area (Å²) in [5, 5.41) is 8.98. The normalized spacial score (nSPS) is 16.8. The second kappa shape index (κ2) is 8.24. The lowest BCUT2D eigenvalue weighted by molar-refractivity contribution is -0.127. The maximum Gasteiger partial charge on any atom is 0.219 e. The van der Waals surface area contributed by atoms with Crippen LogP contribution >= 0.6 is 11.6 Å². The molecule has 28 heavy (non-hydrogen) atoms. The molecule has 1 atom stereocenters. The van der Waals surface area contributed by atoms with Crippen LogP contribution in [0.4, 0.5) is 0 Å². The Balaban J connectivity index is 1.45. The Morgan fingerprint density at radius 3 is 2.96 bits per heavy atom. The van der Waals surface area contributed by atoms with Gasteiger partial charge in [0.1, 0.15) is 5.52 Å². The number of likely N-dealkylation sites (tertiary alicyclic amines) is 1. The molecule has 1 aliphatic heterocycles. The van der Waals surface area contributed by atoms with Gasteiger partial charge in [-0.25, -0.2) is 14.6 Å². The SMILES string of the molecule is CC(=O)N1CC[C@H](c2nn(CCNCc3cccc(Cl)c3)c3nccnc23)C1. The number of hydrogen-bond donors (Lipinski definition) is 1. The van der Waals surface area contributed by atoms with E-state index in [2.05, 4.69) is 15.3 Å². The molecule has 1 amide bonds. The molecule has 1 aliphatic rings. The Kier molecular flexibility index (Phi) is 5.54. The number of carbonyl (C=O) groups is 1. The number of nitrogens with zero attached hydrogens (tertiary/aromatic N) is 5. The van der Waals surface area contributed by atoms with Crippen LogP contribution in [0.2, 0.25) is 5.02 Å². The molecule has 0 saturated carbocycles. The van der Waals surface area contributed by atoms with Crippen molar-refractivity contribution in [3.63, 3.8) is 0 Å². The molecule has 1 N–H and O–H groups in total. The highest BCUT2D eigenvalue weighted by molar-refractivity contribution is 6.30. The lowest BCUT2D eigenvalue weighted by Crippen LogP contribution is -2.25. The second-order valence-electron chi connectivity index (χ2n) is 7.09. The number of benzene rings is 1. The molecule has 7 nitrogen and oxygen atoms in total. The third-order valence-electron chi connectivity index (χ3n) is 5.13. The first-order valence-electron chi connectivity index (χ1n) is 9.50. The first-order chi connectivity index (χ1) is 13.6. The van der Waals surface area contributed by atoms with Gasteiger partial charge in [-0.2, -0.15) is 5.10 Å². The fourth-order valence-corrected chi connectivity index (χ4v) is 3.90. The van der Waals surface area contributed by atoms with Crippen molar-refractivity contribution >= 4 is 28.7 Å². The fraction of sp³-hybridized carbons (Fsp3) is 0.400. The van der Waals surface area contributed by atoms with E-state index in [-0.39, 0.29) is 11.8 Å². The molecule has 1 fully saturated rings. The van der Waals surface area contributed by atoms with E-state index >= 15 is 0 Å². The van der Waals surface area contributed by atoms with Gasteiger partial charge >= 0.3 is 0 Å². The van der Waals surface area contributed by atoms with Gasteiger partial charge in [0, 0.05) is 56.4 Å². The van der Waals surface area contributed by atoms with Crippen molar-refractivity contribution in [3.8, 4) is 0 Å².